The molecule has 0 aromatic heterocycles. The molecule has 0 spiro atoms. The van der Waals surface area contributed by atoms with Crippen LogP contribution in [0.15, 0.2) is 12.1 Å². The van der Waals surface area contributed by atoms with Gasteiger partial charge in [0.25, 0.3) is 0 Å². The van der Waals surface area contributed by atoms with Gasteiger partial charge in [-0.1, -0.05) is 13.0 Å². The molecule has 3 rings (SSSR count). The van der Waals surface area contributed by atoms with Gasteiger partial charge in [-0.2, -0.15) is 4.39 Å². The van der Waals surface area contributed by atoms with Gasteiger partial charge in [0.15, 0.2) is 11.6 Å². The number of hydrogen-bond donors (Lipinski definition) is 0. The molecule has 0 saturated heterocycles. The molecule has 158 valence electrons. The van der Waals surface area contributed by atoms with E-state index in [1.807, 2.05) is 0 Å². The van der Waals surface area contributed by atoms with Crippen LogP contribution in [0.4, 0.5) is 8.78 Å². The molecular weight excluding hydrogens is 358 g/mol. The van der Waals surface area contributed by atoms with E-state index in [1.54, 1.807) is 19.1 Å². The van der Waals surface area contributed by atoms with Crippen molar-refractivity contribution in [2.24, 2.45) is 17.8 Å². The second kappa shape index (κ2) is 10.6. The molecule has 2 nitrogen and oxygen atoms in total. The van der Waals surface area contributed by atoms with Crippen molar-refractivity contribution < 1.29 is 18.3 Å². The smallest absolute Gasteiger partial charge is 0.200 e. The number of halogens is 2. The Hall–Kier alpha value is -1.16. The molecule has 0 amide bonds. The summed E-state index contributed by atoms with van der Waals surface area (Å²) in [5.41, 5.74) is 0.498. The van der Waals surface area contributed by atoms with Gasteiger partial charge in [0.05, 0.1) is 12.7 Å². The lowest BCUT2D eigenvalue weighted by Gasteiger charge is -2.38. The first kappa shape index (κ1) is 21.5. The maximum absolute atomic E-state index is 14.4. The molecule has 0 N–H and O–H groups in total. The van der Waals surface area contributed by atoms with Gasteiger partial charge in [0.1, 0.15) is 0 Å². The predicted molar refractivity (Wildman–Crippen MR) is 109 cm³/mol. The molecular formula is C24H36F2O2. The second-order valence-corrected chi connectivity index (χ2v) is 8.68. The number of rotatable bonds is 8. The quantitative estimate of drug-likeness (QED) is 0.488. The Labute approximate surface area is 169 Å². The molecule has 2 aliphatic carbocycles. The van der Waals surface area contributed by atoms with Crippen molar-refractivity contribution in [3.63, 3.8) is 0 Å². The van der Waals surface area contributed by atoms with Gasteiger partial charge in [-0.15, -0.1) is 0 Å². The average molecular weight is 395 g/mol. The van der Waals surface area contributed by atoms with E-state index in [9.17, 15) is 8.78 Å². The van der Waals surface area contributed by atoms with Crippen molar-refractivity contribution in [2.45, 2.75) is 84.2 Å². The van der Waals surface area contributed by atoms with Crippen molar-refractivity contribution in [3.05, 3.63) is 29.3 Å². The van der Waals surface area contributed by atoms with E-state index >= 15 is 0 Å². The summed E-state index contributed by atoms with van der Waals surface area (Å²) in [5, 5.41) is 0. The fourth-order valence-corrected chi connectivity index (χ4v) is 5.18. The van der Waals surface area contributed by atoms with Crippen molar-refractivity contribution in [3.8, 4) is 5.75 Å². The van der Waals surface area contributed by atoms with E-state index in [1.165, 1.54) is 38.5 Å². The van der Waals surface area contributed by atoms with E-state index in [-0.39, 0.29) is 5.75 Å². The summed E-state index contributed by atoms with van der Waals surface area (Å²) in [6, 6.07) is 3.27. The third-order valence-corrected chi connectivity index (χ3v) is 6.77. The Balaban J connectivity index is 1.45. The van der Waals surface area contributed by atoms with Crippen LogP contribution in [0.5, 0.6) is 5.75 Å². The molecule has 0 unspecified atom stereocenters. The molecule has 0 radical (unpaired) electrons. The normalized spacial score (nSPS) is 28.3. The molecule has 2 saturated carbocycles. The van der Waals surface area contributed by atoms with Crippen LogP contribution in [0, 0.1) is 29.4 Å². The Morgan fingerprint density at radius 2 is 1.50 bits per heavy atom. The summed E-state index contributed by atoms with van der Waals surface area (Å²) < 4.78 is 39.5. The number of hydrogen-bond acceptors (Lipinski definition) is 2. The highest BCUT2D eigenvalue weighted by Gasteiger charge is 2.31. The topological polar surface area (TPSA) is 18.5 Å². The van der Waals surface area contributed by atoms with Crippen LogP contribution in [-0.2, 0) is 11.2 Å². The van der Waals surface area contributed by atoms with E-state index in [0.29, 0.717) is 30.6 Å². The standard InChI is InChI=1S/C24H36F2O2/c1-3-15-28-21-12-9-19(10-13-21)18-7-5-17(6-8-18)16-20-11-14-22(27-4-2)24(26)23(20)25/h11,14,17-19,21H,3-10,12-13,15-16H2,1-2H3. The molecule has 0 bridgehead atoms. The van der Waals surface area contributed by atoms with Crippen LogP contribution in [0.1, 0.15) is 77.2 Å². The van der Waals surface area contributed by atoms with Gasteiger partial charge in [0, 0.05) is 6.61 Å². The van der Waals surface area contributed by atoms with E-state index in [0.717, 1.165) is 37.7 Å². The maximum atomic E-state index is 14.4. The van der Waals surface area contributed by atoms with Gasteiger partial charge in [-0.25, -0.2) is 4.39 Å². The fraction of sp³-hybridized carbons (Fsp3) is 0.750. The molecule has 0 atom stereocenters. The monoisotopic (exact) mass is 394 g/mol. The third-order valence-electron chi connectivity index (χ3n) is 6.77. The molecule has 4 heteroatoms. The maximum Gasteiger partial charge on any atom is 0.200 e. The van der Waals surface area contributed by atoms with Crippen LogP contribution in [0.25, 0.3) is 0 Å². The van der Waals surface area contributed by atoms with Crippen LogP contribution in [0.2, 0.25) is 0 Å². The summed E-state index contributed by atoms with van der Waals surface area (Å²) in [6.45, 7) is 5.17. The molecule has 1 aromatic rings. The summed E-state index contributed by atoms with van der Waals surface area (Å²) in [4.78, 5) is 0. The second-order valence-electron chi connectivity index (χ2n) is 8.68. The lowest BCUT2D eigenvalue weighted by Crippen LogP contribution is -2.29. The molecule has 2 fully saturated rings. The molecule has 2 aliphatic rings. The van der Waals surface area contributed by atoms with Crippen LogP contribution in [-0.4, -0.2) is 19.3 Å². The third kappa shape index (κ3) is 5.46. The van der Waals surface area contributed by atoms with E-state index < -0.39 is 11.6 Å². The zero-order valence-electron chi connectivity index (χ0n) is 17.5. The summed E-state index contributed by atoms with van der Waals surface area (Å²) >= 11 is 0. The van der Waals surface area contributed by atoms with E-state index in [2.05, 4.69) is 6.92 Å². The Morgan fingerprint density at radius 1 is 0.857 bits per heavy atom. The Kier molecular flexibility index (Phi) is 8.13. The first-order valence-electron chi connectivity index (χ1n) is 11.3. The summed E-state index contributed by atoms with van der Waals surface area (Å²) in [7, 11) is 0. The highest BCUT2D eigenvalue weighted by Crippen LogP contribution is 2.41. The zero-order valence-corrected chi connectivity index (χ0v) is 17.5. The highest BCUT2D eigenvalue weighted by atomic mass is 19.2. The predicted octanol–water partition coefficient (Wildman–Crippen LogP) is 6.70. The number of benzene rings is 1. The van der Waals surface area contributed by atoms with Crippen molar-refractivity contribution in [2.75, 3.05) is 13.2 Å². The first-order chi connectivity index (χ1) is 13.6. The van der Waals surface area contributed by atoms with Gasteiger partial charge in [-0.05, 0) is 101 Å². The van der Waals surface area contributed by atoms with Crippen molar-refractivity contribution in [1.82, 2.24) is 0 Å². The molecule has 0 aliphatic heterocycles. The molecule has 1 aromatic carbocycles. The summed E-state index contributed by atoms with van der Waals surface area (Å²) in [6.07, 6.45) is 11.9. The average Bonchev–Trinajstić information content (AvgIpc) is 2.73. The zero-order chi connectivity index (χ0) is 19.9. The molecule has 0 heterocycles. The fourth-order valence-electron chi connectivity index (χ4n) is 5.18. The highest BCUT2D eigenvalue weighted by molar-refractivity contribution is 5.31. The van der Waals surface area contributed by atoms with Crippen molar-refractivity contribution >= 4 is 0 Å². The summed E-state index contributed by atoms with van der Waals surface area (Å²) in [5.74, 6) is 0.569. The van der Waals surface area contributed by atoms with Gasteiger partial charge >= 0.3 is 0 Å². The van der Waals surface area contributed by atoms with Gasteiger partial charge in [-0.3, -0.25) is 0 Å². The Bertz CT molecular complexity index is 603. The lowest BCUT2D eigenvalue weighted by atomic mass is 9.70. The minimum absolute atomic E-state index is 0.0194. The van der Waals surface area contributed by atoms with Crippen LogP contribution < -0.4 is 4.74 Å². The minimum atomic E-state index is -0.838. The van der Waals surface area contributed by atoms with Crippen molar-refractivity contribution in [1.29, 1.82) is 0 Å². The van der Waals surface area contributed by atoms with E-state index in [4.69, 9.17) is 9.47 Å². The lowest BCUT2D eigenvalue weighted by molar-refractivity contribution is 0.00740. The van der Waals surface area contributed by atoms with Gasteiger partial charge < -0.3 is 9.47 Å². The van der Waals surface area contributed by atoms with Crippen LogP contribution in [0.3, 0.4) is 0 Å². The minimum Gasteiger partial charge on any atom is -0.491 e. The molecule has 28 heavy (non-hydrogen) atoms. The number of ether oxygens (including phenoxy) is 2. The van der Waals surface area contributed by atoms with Gasteiger partial charge in [0.2, 0.25) is 5.82 Å². The largest absolute Gasteiger partial charge is 0.491 e. The first-order valence-corrected chi connectivity index (χ1v) is 11.3. The van der Waals surface area contributed by atoms with Crippen LogP contribution >= 0.6 is 0 Å². The SMILES string of the molecule is CCCOC1CCC(C2CCC(Cc3ccc(OCC)c(F)c3F)CC2)CC1. The Morgan fingerprint density at radius 3 is 2.11 bits per heavy atom.